The molecule has 0 atom stereocenters. The van der Waals surface area contributed by atoms with E-state index in [-0.39, 0.29) is 5.91 Å². The van der Waals surface area contributed by atoms with Gasteiger partial charge in [-0.15, -0.1) is 0 Å². The summed E-state index contributed by atoms with van der Waals surface area (Å²) < 4.78 is 5.25. The van der Waals surface area contributed by atoms with Crippen LogP contribution in [0.1, 0.15) is 11.1 Å². The molecule has 0 aliphatic rings. The molecule has 0 bridgehead atoms. The van der Waals surface area contributed by atoms with Gasteiger partial charge < -0.3 is 15.4 Å². The second kappa shape index (κ2) is 8.07. The van der Waals surface area contributed by atoms with E-state index in [1.54, 1.807) is 7.11 Å². The molecule has 0 heterocycles. The molecule has 2 aromatic carbocycles. The minimum Gasteiger partial charge on any atom is -0.496 e. The number of ether oxygens (including phenoxy) is 1. The Morgan fingerprint density at radius 2 is 1.71 bits per heavy atom. The van der Waals surface area contributed by atoms with E-state index in [0.717, 1.165) is 16.9 Å². The number of carbonyl (C=O) groups excluding carboxylic acids is 1. The van der Waals surface area contributed by atoms with Crippen LogP contribution in [0.4, 0.5) is 0 Å². The number of para-hydroxylation sites is 1. The second-order valence-electron chi connectivity index (χ2n) is 4.68. The highest BCUT2D eigenvalue weighted by atomic mass is 16.5. The molecule has 2 N–H and O–H groups in total. The number of carbonyl (C=O) groups is 1. The van der Waals surface area contributed by atoms with Crippen LogP contribution < -0.4 is 15.4 Å². The Morgan fingerprint density at radius 1 is 1.00 bits per heavy atom. The molecule has 0 aliphatic carbocycles. The first-order valence-corrected chi connectivity index (χ1v) is 6.93. The Labute approximate surface area is 125 Å². The zero-order valence-corrected chi connectivity index (χ0v) is 12.1. The fourth-order valence-electron chi connectivity index (χ4n) is 2.02. The van der Waals surface area contributed by atoms with Crippen LogP contribution in [0, 0.1) is 0 Å². The number of amides is 1. The SMILES string of the molecule is COc1ccccc1CNC(=O)CNCc1ccccc1. The molecule has 2 aromatic rings. The van der Waals surface area contributed by atoms with E-state index >= 15 is 0 Å². The molecule has 0 unspecified atom stereocenters. The molecule has 1 amide bonds. The van der Waals surface area contributed by atoms with Crippen molar-refractivity contribution in [2.24, 2.45) is 0 Å². The van der Waals surface area contributed by atoms with Crippen LogP contribution in [0.2, 0.25) is 0 Å². The number of rotatable bonds is 7. The smallest absolute Gasteiger partial charge is 0.234 e. The van der Waals surface area contributed by atoms with E-state index in [1.807, 2.05) is 54.6 Å². The van der Waals surface area contributed by atoms with Crippen molar-refractivity contribution in [2.45, 2.75) is 13.1 Å². The molecular formula is C17H20N2O2. The molecular weight excluding hydrogens is 264 g/mol. The van der Waals surface area contributed by atoms with Crippen molar-refractivity contribution in [1.29, 1.82) is 0 Å². The van der Waals surface area contributed by atoms with Crippen molar-refractivity contribution < 1.29 is 9.53 Å². The maximum absolute atomic E-state index is 11.8. The van der Waals surface area contributed by atoms with Crippen LogP contribution in [0.3, 0.4) is 0 Å². The minimum absolute atomic E-state index is 0.0307. The lowest BCUT2D eigenvalue weighted by Gasteiger charge is -2.10. The van der Waals surface area contributed by atoms with Crippen LogP contribution >= 0.6 is 0 Å². The summed E-state index contributed by atoms with van der Waals surface area (Å²) in [6.07, 6.45) is 0. The average Bonchev–Trinajstić information content (AvgIpc) is 2.54. The van der Waals surface area contributed by atoms with Crippen molar-refractivity contribution in [3.63, 3.8) is 0 Å². The van der Waals surface area contributed by atoms with Crippen molar-refractivity contribution >= 4 is 5.91 Å². The van der Waals surface area contributed by atoms with Crippen LogP contribution in [0.5, 0.6) is 5.75 Å². The van der Waals surface area contributed by atoms with Gasteiger partial charge in [-0.05, 0) is 11.6 Å². The summed E-state index contributed by atoms with van der Waals surface area (Å²) in [6.45, 7) is 1.45. The summed E-state index contributed by atoms with van der Waals surface area (Å²) in [5.74, 6) is 0.756. The Kier molecular flexibility index (Phi) is 5.79. The van der Waals surface area contributed by atoms with Crippen LogP contribution in [0.15, 0.2) is 54.6 Å². The van der Waals surface area contributed by atoms with Gasteiger partial charge in [0.1, 0.15) is 5.75 Å². The highest BCUT2D eigenvalue weighted by molar-refractivity contribution is 5.78. The second-order valence-corrected chi connectivity index (χ2v) is 4.68. The third-order valence-electron chi connectivity index (χ3n) is 3.13. The van der Waals surface area contributed by atoms with E-state index in [4.69, 9.17) is 4.74 Å². The van der Waals surface area contributed by atoms with E-state index in [0.29, 0.717) is 19.6 Å². The summed E-state index contributed by atoms with van der Waals surface area (Å²) in [7, 11) is 1.63. The summed E-state index contributed by atoms with van der Waals surface area (Å²) >= 11 is 0. The lowest BCUT2D eigenvalue weighted by molar-refractivity contribution is -0.120. The number of nitrogens with one attached hydrogen (secondary N) is 2. The lowest BCUT2D eigenvalue weighted by Crippen LogP contribution is -2.33. The topological polar surface area (TPSA) is 50.4 Å². The van der Waals surface area contributed by atoms with Gasteiger partial charge in [-0.1, -0.05) is 48.5 Å². The maximum atomic E-state index is 11.8. The van der Waals surface area contributed by atoms with Gasteiger partial charge >= 0.3 is 0 Å². The molecule has 0 aromatic heterocycles. The highest BCUT2D eigenvalue weighted by Crippen LogP contribution is 2.16. The molecule has 0 radical (unpaired) electrons. The maximum Gasteiger partial charge on any atom is 0.234 e. The fourth-order valence-corrected chi connectivity index (χ4v) is 2.02. The normalized spacial score (nSPS) is 10.1. The van der Waals surface area contributed by atoms with E-state index in [2.05, 4.69) is 10.6 Å². The zero-order chi connectivity index (χ0) is 14.9. The zero-order valence-electron chi connectivity index (χ0n) is 12.1. The van der Waals surface area contributed by atoms with Crippen molar-refractivity contribution in [3.8, 4) is 5.75 Å². The van der Waals surface area contributed by atoms with Crippen LogP contribution in [-0.2, 0) is 17.9 Å². The Morgan fingerprint density at radius 3 is 2.48 bits per heavy atom. The van der Waals surface area contributed by atoms with E-state index in [9.17, 15) is 4.79 Å². The molecule has 0 saturated heterocycles. The van der Waals surface area contributed by atoms with Gasteiger partial charge in [0.15, 0.2) is 0 Å². The molecule has 4 heteroatoms. The lowest BCUT2D eigenvalue weighted by atomic mass is 10.2. The predicted octanol–water partition coefficient (Wildman–Crippen LogP) is 2.10. The van der Waals surface area contributed by atoms with E-state index < -0.39 is 0 Å². The quantitative estimate of drug-likeness (QED) is 0.818. The van der Waals surface area contributed by atoms with Crippen molar-refractivity contribution in [2.75, 3.05) is 13.7 Å². The summed E-state index contributed by atoms with van der Waals surface area (Å²) in [5, 5.41) is 6.00. The first-order valence-electron chi connectivity index (χ1n) is 6.93. The minimum atomic E-state index is -0.0307. The van der Waals surface area contributed by atoms with Gasteiger partial charge in [0.25, 0.3) is 0 Å². The van der Waals surface area contributed by atoms with Crippen LogP contribution in [0.25, 0.3) is 0 Å². The monoisotopic (exact) mass is 284 g/mol. The average molecular weight is 284 g/mol. The first kappa shape index (κ1) is 15.1. The molecule has 2 rings (SSSR count). The number of benzene rings is 2. The molecule has 4 nitrogen and oxygen atoms in total. The van der Waals surface area contributed by atoms with Gasteiger partial charge in [0, 0.05) is 18.7 Å². The standard InChI is InChI=1S/C17H20N2O2/c1-21-16-10-6-5-9-15(16)12-19-17(20)13-18-11-14-7-3-2-4-8-14/h2-10,18H,11-13H2,1H3,(H,19,20). The summed E-state index contributed by atoms with van der Waals surface area (Å²) in [6, 6.07) is 17.7. The van der Waals surface area contributed by atoms with Gasteiger partial charge in [-0.3, -0.25) is 4.79 Å². The first-order chi connectivity index (χ1) is 10.3. The molecule has 21 heavy (non-hydrogen) atoms. The number of hydrogen-bond acceptors (Lipinski definition) is 3. The Hall–Kier alpha value is -2.33. The largest absolute Gasteiger partial charge is 0.496 e. The molecule has 0 spiro atoms. The predicted molar refractivity (Wildman–Crippen MR) is 83.0 cm³/mol. The van der Waals surface area contributed by atoms with Gasteiger partial charge in [-0.25, -0.2) is 0 Å². The van der Waals surface area contributed by atoms with Gasteiger partial charge in [-0.2, -0.15) is 0 Å². The third kappa shape index (κ3) is 4.93. The molecule has 0 aliphatic heterocycles. The molecule has 110 valence electrons. The molecule has 0 saturated carbocycles. The summed E-state index contributed by atoms with van der Waals surface area (Å²) in [5.41, 5.74) is 2.13. The van der Waals surface area contributed by atoms with Crippen molar-refractivity contribution in [1.82, 2.24) is 10.6 Å². The highest BCUT2D eigenvalue weighted by Gasteiger charge is 2.04. The van der Waals surface area contributed by atoms with Crippen molar-refractivity contribution in [3.05, 3.63) is 65.7 Å². The van der Waals surface area contributed by atoms with Crippen LogP contribution in [-0.4, -0.2) is 19.6 Å². The summed E-state index contributed by atoms with van der Waals surface area (Å²) in [4.78, 5) is 11.8. The fraction of sp³-hybridized carbons (Fsp3) is 0.235. The van der Waals surface area contributed by atoms with Gasteiger partial charge in [0.05, 0.1) is 13.7 Å². The third-order valence-corrected chi connectivity index (χ3v) is 3.13. The number of hydrogen-bond donors (Lipinski definition) is 2. The Bertz CT molecular complexity index is 570. The van der Waals surface area contributed by atoms with E-state index in [1.165, 1.54) is 0 Å². The number of methoxy groups -OCH3 is 1. The molecule has 0 fully saturated rings. The van der Waals surface area contributed by atoms with Gasteiger partial charge in [0.2, 0.25) is 5.91 Å². The Balaban J connectivity index is 1.72.